The van der Waals surface area contributed by atoms with Crippen molar-refractivity contribution >= 4 is 21.9 Å². The molecule has 0 aliphatic carbocycles. The van der Waals surface area contributed by atoms with Gasteiger partial charge in [-0.15, -0.1) is 0 Å². The lowest BCUT2D eigenvalue weighted by molar-refractivity contribution is 0.0600. The van der Waals surface area contributed by atoms with Crippen molar-refractivity contribution in [2.45, 2.75) is 27.0 Å². The van der Waals surface area contributed by atoms with Crippen LogP contribution in [0.2, 0.25) is 0 Å². The Balaban J connectivity index is 2.08. The smallest absolute Gasteiger partial charge is 0.337 e. The van der Waals surface area contributed by atoms with E-state index < -0.39 is 0 Å². The average Bonchev–Trinajstić information content (AvgIpc) is 2.65. The molecule has 2 rings (SSSR count). The van der Waals surface area contributed by atoms with Crippen LogP contribution in [-0.2, 0) is 17.9 Å². The van der Waals surface area contributed by atoms with Crippen LogP contribution >= 0.6 is 15.9 Å². The van der Waals surface area contributed by atoms with Crippen molar-refractivity contribution in [3.05, 3.63) is 63.6 Å². The number of hydrogen-bond donors (Lipinski definition) is 0. The van der Waals surface area contributed by atoms with E-state index in [0.717, 1.165) is 41.0 Å². The quantitative estimate of drug-likeness (QED) is 0.598. The first-order chi connectivity index (χ1) is 12.1. The molecule has 0 spiro atoms. The van der Waals surface area contributed by atoms with Crippen LogP contribution in [0.15, 0.2) is 46.9 Å². The normalized spacial score (nSPS) is 10.8. The van der Waals surface area contributed by atoms with Gasteiger partial charge in [-0.25, -0.2) is 4.79 Å². The van der Waals surface area contributed by atoms with Gasteiger partial charge in [0.25, 0.3) is 0 Å². The first kappa shape index (κ1) is 19.5. The van der Waals surface area contributed by atoms with Gasteiger partial charge >= 0.3 is 5.97 Å². The molecule has 0 saturated heterocycles. The van der Waals surface area contributed by atoms with E-state index in [-0.39, 0.29) is 5.97 Å². The highest BCUT2D eigenvalue weighted by Crippen LogP contribution is 2.25. The van der Waals surface area contributed by atoms with E-state index >= 15 is 0 Å². The molecule has 0 radical (unpaired) electrons. The second-order valence-corrected chi connectivity index (χ2v) is 6.61. The number of rotatable bonds is 8. The lowest BCUT2D eigenvalue weighted by Crippen LogP contribution is -2.22. The number of methoxy groups -OCH3 is 1. The number of hydrogen-bond acceptors (Lipinski definition) is 4. The van der Waals surface area contributed by atoms with E-state index in [2.05, 4.69) is 40.7 Å². The van der Waals surface area contributed by atoms with Gasteiger partial charge < -0.3 is 9.47 Å². The fourth-order valence-electron chi connectivity index (χ4n) is 2.52. The topological polar surface area (TPSA) is 38.8 Å². The first-order valence-corrected chi connectivity index (χ1v) is 9.17. The summed E-state index contributed by atoms with van der Waals surface area (Å²) in [6.45, 7) is 7.61. The van der Waals surface area contributed by atoms with Crippen LogP contribution in [0.5, 0.6) is 5.75 Å². The van der Waals surface area contributed by atoms with Gasteiger partial charge in [0.05, 0.1) is 12.7 Å². The largest absolute Gasteiger partial charge is 0.489 e. The van der Waals surface area contributed by atoms with Crippen LogP contribution in [0.25, 0.3) is 0 Å². The summed E-state index contributed by atoms with van der Waals surface area (Å²) in [5, 5.41) is 0. The molecule has 2 aromatic carbocycles. The standard InChI is InChI=1S/C20H24BrNO3/c1-4-22(5-2)13-17-12-18(21)10-11-19(17)25-14-15-6-8-16(9-7-15)20(23)24-3/h6-12H,4-5,13-14H2,1-3H3. The van der Waals surface area contributed by atoms with Gasteiger partial charge in [-0.2, -0.15) is 0 Å². The maximum absolute atomic E-state index is 11.5. The lowest BCUT2D eigenvalue weighted by atomic mass is 10.1. The van der Waals surface area contributed by atoms with Gasteiger partial charge in [0.1, 0.15) is 12.4 Å². The van der Waals surface area contributed by atoms with Crippen molar-refractivity contribution in [2.75, 3.05) is 20.2 Å². The molecule has 0 aromatic heterocycles. The molecule has 0 fully saturated rings. The number of ether oxygens (including phenoxy) is 2. The van der Waals surface area contributed by atoms with Gasteiger partial charge in [-0.1, -0.05) is 41.9 Å². The Labute approximate surface area is 157 Å². The highest BCUT2D eigenvalue weighted by atomic mass is 79.9. The summed E-state index contributed by atoms with van der Waals surface area (Å²) in [6, 6.07) is 13.4. The van der Waals surface area contributed by atoms with E-state index in [4.69, 9.17) is 9.47 Å². The van der Waals surface area contributed by atoms with Gasteiger partial charge in [-0.3, -0.25) is 4.90 Å². The molecule has 0 aliphatic rings. The minimum absolute atomic E-state index is 0.332. The average molecular weight is 406 g/mol. The summed E-state index contributed by atoms with van der Waals surface area (Å²) in [6.07, 6.45) is 0. The Morgan fingerprint density at radius 2 is 1.76 bits per heavy atom. The molecular weight excluding hydrogens is 382 g/mol. The molecule has 0 N–H and O–H groups in total. The SMILES string of the molecule is CCN(CC)Cc1cc(Br)ccc1OCc1ccc(C(=O)OC)cc1. The zero-order chi connectivity index (χ0) is 18.2. The van der Waals surface area contributed by atoms with Crippen molar-refractivity contribution in [2.24, 2.45) is 0 Å². The summed E-state index contributed by atoms with van der Waals surface area (Å²) in [7, 11) is 1.38. The van der Waals surface area contributed by atoms with Gasteiger partial charge in [0.2, 0.25) is 0 Å². The van der Waals surface area contributed by atoms with Crippen LogP contribution in [0.3, 0.4) is 0 Å². The van der Waals surface area contributed by atoms with Gasteiger partial charge in [0.15, 0.2) is 0 Å². The zero-order valence-corrected chi connectivity index (χ0v) is 16.5. The summed E-state index contributed by atoms with van der Waals surface area (Å²) in [4.78, 5) is 13.8. The monoisotopic (exact) mass is 405 g/mol. The Kier molecular flexibility index (Phi) is 7.47. The van der Waals surface area contributed by atoms with E-state index in [0.29, 0.717) is 12.2 Å². The minimum atomic E-state index is -0.332. The van der Waals surface area contributed by atoms with Crippen molar-refractivity contribution in [3.8, 4) is 5.75 Å². The van der Waals surface area contributed by atoms with Crippen molar-refractivity contribution in [1.82, 2.24) is 4.90 Å². The summed E-state index contributed by atoms with van der Waals surface area (Å²) >= 11 is 3.54. The molecular formula is C20H24BrNO3. The molecule has 2 aromatic rings. The van der Waals surface area contributed by atoms with Crippen LogP contribution < -0.4 is 4.74 Å². The van der Waals surface area contributed by atoms with Crippen LogP contribution in [0.4, 0.5) is 0 Å². The molecule has 5 heteroatoms. The summed E-state index contributed by atoms with van der Waals surface area (Å²) in [5.74, 6) is 0.550. The van der Waals surface area contributed by atoms with Gasteiger partial charge in [-0.05, 0) is 49.0 Å². The first-order valence-electron chi connectivity index (χ1n) is 8.38. The third-order valence-corrected chi connectivity index (χ3v) is 4.57. The molecule has 0 aliphatic heterocycles. The van der Waals surface area contributed by atoms with Crippen molar-refractivity contribution in [1.29, 1.82) is 0 Å². The lowest BCUT2D eigenvalue weighted by Gasteiger charge is -2.20. The molecule has 134 valence electrons. The Bertz CT molecular complexity index is 697. The van der Waals surface area contributed by atoms with E-state index in [1.165, 1.54) is 7.11 Å². The molecule has 0 bridgehead atoms. The number of halogens is 1. The number of nitrogens with zero attached hydrogens (tertiary/aromatic N) is 1. The maximum atomic E-state index is 11.5. The van der Waals surface area contributed by atoms with E-state index in [9.17, 15) is 4.79 Å². The molecule has 0 heterocycles. The second kappa shape index (κ2) is 9.59. The number of benzene rings is 2. The summed E-state index contributed by atoms with van der Waals surface area (Å²) < 4.78 is 11.8. The maximum Gasteiger partial charge on any atom is 0.337 e. The van der Waals surface area contributed by atoms with Gasteiger partial charge in [0, 0.05) is 16.6 Å². The molecule has 25 heavy (non-hydrogen) atoms. The molecule has 0 amide bonds. The van der Waals surface area contributed by atoms with Crippen molar-refractivity contribution < 1.29 is 14.3 Å². The molecule has 0 atom stereocenters. The van der Waals surface area contributed by atoms with Crippen LogP contribution in [0.1, 0.15) is 35.3 Å². The number of esters is 1. The van der Waals surface area contributed by atoms with Crippen LogP contribution in [0, 0.1) is 0 Å². The Morgan fingerprint density at radius 3 is 2.36 bits per heavy atom. The summed E-state index contributed by atoms with van der Waals surface area (Å²) in [5.41, 5.74) is 2.70. The number of carbonyl (C=O) groups excluding carboxylic acids is 1. The fraction of sp³-hybridized carbons (Fsp3) is 0.350. The molecule has 0 unspecified atom stereocenters. The third kappa shape index (κ3) is 5.58. The van der Waals surface area contributed by atoms with Crippen LogP contribution in [-0.4, -0.2) is 31.1 Å². The zero-order valence-electron chi connectivity index (χ0n) is 14.9. The molecule has 0 saturated carbocycles. The highest BCUT2D eigenvalue weighted by molar-refractivity contribution is 9.10. The number of carbonyl (C=O) groups is 1. The highest BCUT2D eigenvalue weighted by Gasteiger charge is 2.10. The van der Waals surface area contributed by atoms with Crippen molar-refractivity contribution in [3.63, 3.8) is 0 Å². The molecule has 4 nitrogen and oxygen atoms in total. The third-order valence-electron chi connectivity index (χ3n) is 4.08. The predicted octanol–water partition coefficient (Wildman–Crippen LogP) is 4.66. The minimum Gasteiger partial charge on any atom is -0.489 e. The Hall–Kier alpha value is -1.85. The second-order valence-electron chi connectivity index (χ2n) is 5.69. The van der Waals surface area contributed by atoms with E-state index in [1.54, 1.807) is 12.1 Å². The fourth-order valence-corrected chi connectivity index (χ4v) is 2.92. The Morgan fingerprint density at radius 1 is 1.08 bits per heavy atom. The predicted molar refractivity (Wildman–Crippen MR) is 103 cm³/mol. The van der Waals surface area contributed by atoms with E-state index in [1.807, 2.05) is 24.3 Å².